The van der Waals surface area contributed by atoms with E-state index in [-0.39, 0.29) is 12.3 Å². The minimum atomic E-state index is -0.844. The Balaban J connectivity index is 1.49. The van der Waals surface area contributed by atoms with E-state index in [1.54, 1.807) is 12.1 Å². The fourth-order valence-electron chi connectivity index (χ4n) is 4.77. The molecule has 1 amide bonds. The van der Waals surface area contributed by atoms with Gasteiger partial charge in [-0.2, -0.15) is 0 Å². The number of piperazine rings is 1. The number of aliphatic carboxylic acids is 1. The van der Waals surface area contributed by atoms with Crippen LogP contribution in [0.5, 0.6) is 0 Å². The number of carboxylic acids is 1. The topological polar surface area (TPSA) is 93.7 Å². The van der Waals surface area contributed by atoms with Crippen molar-refractivity contribution in [1.29, 1.82) is 0 Å². The molecule has 5 rings (SSSR count). The molecule has 2 aliphatic rings. The van der Waals surface area contributed by atoms with E-state index in [2.05, 4.69) is 33.0 Å². The Kier molecular flexibility index (Phi) is 7.55. The Bertz CT molecular complexity index is 1350. The van der Waals surface area contributed by atoms with Crippen molar-refractivity contribution in [1.82, 2.24) is 10.2 Å². The van der Waals surface area contributed by atoms with E-state index in [0.29, 0.717) is 28.4 Å². The van der Waals surface area contributed by atoms with Crippen molar-refractivity contribution in [3.8, 4) is 0 Å². The fraction of sp³-hybridized carbons (Fsp3) is 0.241. The minimum absolute atomic E-state index is 0.0408. The van der Waals surface area contributed by atoms with Crippen molar-refractivity contribution < 1.29 is 14.7 Å². The summed E-state index contributed by atoms with van der Waals surface area (Å²) in [4.78, 5) is 26.7. The standard InChI is InChI=1S/C29H29ClN4O3/c30-22-7-10-24-25(17-22)33-29(37)27(24)28(21-3-1-2-19(16-21)6-11-26(35)36)32-23-8-4-20(5-9-23)18-34-14-12-31-13-15-34/h1-5,7-10,16-17,31-32H,6,11-15,18H2,(H,33,37)(H,35,36). The van der Waals surface area contributed by atoms with Gasteiger partial charge in [-0.1, -0.05) is 48.0 Å². The van der Waals surface area contributed by atoms with Gasteiger partial charge in [-0.05, 0) is 53.4 Å². The lowest BCUT2D eigenvalue weighted by atomic mass is 9.97. The number of anilines is 2. The second-order valence-corrected chi connectivity index (χ2v) is 9.77. The van der Waals surface area contributed by atoms with Crippen LogP contribution in [0, 0.1) is 0 Å². The molecule has 4 N–H and O–H groups in total. The zero-order chi connectivity index (χ0) is 25.8. The van der Waals surface area contributed by atoms with Crippen molar-refractivity contribution in [2.24, 2.45) is 0 Å². The second-order valence-electron chi connectivity index (χ2n) is 9.34. The minimum Gasteiger partial charge on any atom is -0.481 e. The lowest BCUT2D eigenvalue weighted by Gasteiger charge is -2.27. The molecule has 3 aromatic carbocycles. The number of halogens is 1. The molecule has 0 spiro atoms. The van der Waals surface area contributed by atoms with E-state index >= 15 is 0 Å². The fourth-order valence-corrected chi connectivity index (χ4v) is 4.94. The number of nitrogens with one attached hydrogen (secondary N) is 3. The van der Waals surface area contributed by atoms with Crippen LogP contribution in [0.2, 0.25) is 5.02 Å². The summed E-state index contributed by atoms with van der Waals surface area (Å²) in [6.07, 6.45) is 0.448. The normalized spacial score (nSPS) is 16.7. The second kappa shape index (κ2) is 11.2. The zero-order valence-corrected chi connectivity index (χ0v) is 21.1. The summed E-state index contributed by atoms with van der Waals surface area (Å²) in [6.45, 7) is 4.99. The molecule has 37 heavy (non-hydrogen) atoms. The lowest BCUT2D eigenvalue weighted by Crippen LogP contribution is -2.42. The molecule has 7 nitrogen and oxygen atoms in total. The van der Waals surface area contributed by atoms with Crippen LogP contribution in [-0.4, -0.2) is 48.1 Å². The quantitative estimate of drug-likeness (QED) is 0.324. The number of fused-ring (bicyclic) bond motifs is 1. The highest BCUT2D eigenvalue weighted by molar-refractivity contribution is 6.38. The van der Waals surface area contributed by atoms with Gasteiger partial charge in [0.1, 0.15) is 0 Å². The monoisotopic (exact) mass is 516 g/mol. The number of hydrogen-bond acceptors (Lipinski definition) is 5. The molecule has 0 aliphatic carbocycles. The maximum atomic E-state index is 13.2. The van der Waals surface area contributed by atoms with Gasteiger partial charge in [0.05, 0.1) is 17.0 Å². The lowest BCUT2D eigenvalue weighted by molar-refractivity contribution is -0.137. The van der Waals surface area contributed by atoms with E-state index in [0.717, 1.165) is 55.1 Å². The van der Waals surface area contributed by atoms with Crippen molar-refractivity contribution in [2.45, 2.75) is 19.4 Å². The molecule has 0 bridgehead atoms. The van der Waals surface area contributed by atoms with Gasteiger partial charge in [0, 0.05) is 55.4 Å². The zero-order valence-electron chi connectivity index (χ0n) is 20.4. The van der Waals surface area contributed by atoms with E-state index in [9.17, 15) is 9.59 Å². The molecule has 0 atom stereocenters. The SMILES string of the molecule is O=C(O)CCc1cccc(C(Nc2ccc(CN3CCNCC3)cc2)=C2C(=O)Nc3cc(Cl)ccc32)c1. The maximum absolute atomic E-state index is 13.2. The van der Waals surface area contributed by atoms with Crippen LogP contribution in [0.15, 0.2) is 66.7 Å². The number of rotatable bonds is 8. The number of aryl methyl sites for hydroxylation is 1. The Morgan fingerprint density at radius 2 is 1.78 bits per heavy atom. The Labute approximate surface area is 221 Å². The predicted octanol–water partition coefficient (Wildman–Crippen LogP) is 4.69. The van der Waals surface area contributed by atoms with Crippen LogP contribution in [0.3, 0.4) is 0 Å². The van der Waals surface area contributed by atoms with Gasteiger partial charge in [0.15, 0.2) is 0 Å². The summed E-state index contributed by atoms with van der Waals surface area (Å²) < 4.78 is 0. The van der Waals surface area contributed by atoms with Crippen LogP contribution >= 0.6 is 11.6 Å². The average Bonchev–Trinajstić information content (AvgIpc) is 3.22. The van der Waals surface area contributed by atoms with Gasteiger partial charge in [-0.3, -0.25) is 14.5 Å². The predicted molar refractivity (Wildman–Crippen MR) is 148 cm³/mol. The van der Waals surface area contributed by atoms with Gasteiger partial charge in [-0.25, -0.2) is 0 Å². The van der Waals surface area contributed by atoms with E-state index in [1.807, 2.05) is 42.5 Å². The molecule has 0 radical (unpaired) electrons. The van der Waals surface area contributed by atoms with Crippen molar-refractivity contribution in [3.63, 3.8) is 0 Å². The third-order valence-corrected chi connectivity index (χ3v) is 6.89. The first-order valence-electron chi connectivity index (χ1n) is 12.4. The smallest absolute Gasteiger partial charge is 0.303 e. The Hall–Kier alpha value is -3.65. The Morgan fingerprint density at radius 3 is 2.54 bits per heavy atom. The van der Waals surface area contributed by atoms with Crippen LogP contribution in [0.25, 0.3) is 11.3 Å². The van der Waals surface area contributed by atoms with Gasteiger partial charge in [0.25, 0.3) is 5.91 Å². The Morgan fingerprint density at radius 1 is 1.00 bits per heavy atom. The van der Waals surface area contributed by atoms with Gasteiger partial charge in [0.2, 0.25) is 0 Å². The van der Waals surface area contributed by atoms with Crippen LogP contribution in [-0.2, 0) is 22.6 Å². The summed E-state index contributed by atoms with van der Waals surface area (Å²) in [7, 11) is 0. The molecule has 1 fully saturated rings. The summed E-state index contributed by atoms with van der Waals surface area (Å²) in [5.41, 5.74) is 6.40. The summed E-state index contributed by atoms with van der Waals surface area (Å²) in [5, 5.41) is 19.5. The first kappa shape index (κ1) is 25.0. The summed E-state index contributed by atoms with van der Waals surface area (Å²) in [6, 6.07) is 21.3. The number of benzene rings is 3. The first-order valence-corrected chi connectivity index (χ1v) is 12.8. The first-order chi connectivity index (χ1) is 18.0. The number of carboxylic acid groups (broad SMARTS) is 1. The van der Waals surface area contributed by atoms with E-state index < -0.39 is 5.97 Å². The molecule has 0 aromatic heterocycles. The van der Waals surface area contributed by atoms with Crippen LogP contribution < -0.4 is 16.0 Å². The third kappa shape index (κ3) is 6.02. The molecule has 0 unspecified atom stereocenters. The van der Waals surface area contributed by atoms with Crippen LogP contribution in [0.1, 0.15) is 28.7 Å². The molecule has 8 heteroatoms. The highest BCUT2D eigenvalue weighted by Crippen LogP contribution is 2.39. The molecule has 2 aliphatic heterocycles. The number of hydrogen-bond donors (Lipinski definition) is 4. The van der Waals surface area contributed by atoms with Crippen LogP contribution in [0.4, 0.5) is 11.4 Å². The molecular weight excluding hydrogens is 488 g/mol. The highest BCUT2D eigenvalue weighted by Gasteiger charge is 2.28. The van der Waals surface area contributed by atoms with Crippen molar-refractivity contribution >= 4 is 46.1 Å². The number of nitrogens with zero attached hydrogens (tertiary/aromatic N) is 1. The van der Waals surface area contributed by atoms with E-state index in [1.165, 1.54) is 5.56 Å². The molecule has 190 valence electrons. The molecular formula is C29H29ClN4O3. The van der Waals surface area contributed by atoms with Crippen molar-refractivity contribution in [3.05, 3.63) is 94.0 Å². The number of carbonyl (C=O) groups excluding carboxylic acids is 1. The number of carbonyl (C=O) groups is 2. The van der Waals surface area contributed by atoms with Gasteiger partial charge >= 0.3 is 5.97 Å². The molecule has 3 aromatic rings. The highest BCUT2D eigenvalue weighted by atomic mass is 35.5. The average molecular weight is 517 g/mol. The van der Waals surface area contributed by atoms with E-state index in [4.69, 9.17) is 16.7 Å². The molecule has 1 saturated heterocycles. The largest absolute Gasteiger partial charge is 0.481 e. The number of amides is 1. The molecule has 0 saturated carbocycles. The maximum Gasteiger partial charge on any atom is 0.303 e. The van der Waals surface area contributed by atoms with Gasteiger partial charge < -0.3 is 21.1 Å². The molecule has 2 heterocycles. The summed E-state index contributed by atoms with van der Waals surface area (Å²) >= 11 is 6.17. The summed E-state index contributed by atoms with van der Waals surface area (Å²) in [5.74, 6) is -1.06. The van der Waals surface area contributed by atoms with Crippen molar-refractivity contribution in [2.75, 3.05) is 36.8 Å². The third-order valence-electron chi connectivity index (χ3n) is 6.66. The van der Waals surface area contributed by atoms with Gasteiger partial charge in [-0.15, -0.1) is 0 Å².